The molecule has 2 aromatic rings. The van der Waals surface area contributed by atoms with E-state index in [9.17, 15) is 13.2 Å². The lowest BCUT2D eigenvalue weighted by Gasteiger charge is -2.18. The van der Waals surface area contributed by atoms with E-state index in [-0.39, 0.29) is 16.6 Å². The first kappa shape index (κ1) is 11.3. The van der Waals surface area contributed by atoms with E-state index in [4.69, 9.17) is 5.73 Å². The van der Waals surface area contributed by atoms with Gasteiger partial charge in [-0.1, -0.05) is 0 Å². The van der Waals surface area contributed by atoms with Crippen molar-refractivity contribution < 1.29 is 13.2 Å². The van der Waals surface area contributed by atoms with E-state index in [2.05, 4.69) is 4.98 Å². The minimum absolute atomic E-state index is 0.0875. The zero-order valence-corrected chi connectivity index (χ0v) is 9.56. The summed E-state index contributed by atoms with van der Waals surface area (Å²) in [5.74, 6) is -3.97. The summed E-state index contributed by atoms with van der Waals surface area (Å²) in [5.41, 5.74) is 7.73. The maximum absolute atomic E-state index is 13.8. The average molecular weight is 252 g/mol. The summed E-state index contributed by atoms with van der Waals surface area (Å²) < 4.78 is 40.2. The summed E-state index contributed by atoms with van der Waals surface area (Å²) in [6, 6.07) is 0.902. The highest BCUT2D eigenvalue weighted by Crippen LogP contribution is 2.33. The van der Waals surface area contributed by atoms with Gasteiger partial charge in [0, 0.05) is 17.4 Å². The smallest absolute Gasteiger partial charge is 0.195 e. The van der Waals surface area contributed by atoms with Crippen LogP contribution in [0, 0.1) is 17.5 Å². The number of hydrogen-bond donors (Lipinski definition) is 1. The first-order chi connectivity index (χ1) is 8.59. The number of nitrogens with zero attached hydrogens (tertiary/aromatic N) is 1. The van der Waals surface area contributed by atoms with Crippen LogP contribution in [0.1, 0.15) is 24.1 Å². The maximum atomic E-state index is 13.8. The zero-order valence-electron chi connectivity index (χ0n) is 9.56. The van der Waals surface area contributed by atoms with Gasteiger partial charge in [0.15, 0.2) is 17.5 Å². The molecule has 18 heavy (non-hydrogen) atoms. The highest BCUT2D eigenvalue weighted by atomic mass is 19.2. The number of anilines is 1. The van der Waals surface area contributed by atoms with Gasteiger partial charge >= 0.3 is 0 Å². The number of nitrogen functional groups attached to an aromatic ring is 1. The van der Waals surface area contributed by atoms with Crippen molar-refractivity contribution in [1.82, 2.24) is 4.98 Å². The molecule has 3 rings (SSSR count). The Bertz CT molecular complexity index is 653. The van der Waals surface area contributed by atoms with Crippen molar-refractivity contribution in [2.75, 3.05) is 5.73 Å². The molecule has 1 aliphatic carbocycles. The number of nitrogens with two attached hydrogens (primary N) is 1. The molecule has 0 bridgehead atoms. The number of fused-ring (bicyclic) bond motifs is 2. The minimum atomic E-state index is -1.49. The van der Waals surface area contributed by atoms with Crippen LogP contribution in [0.25, 0.3) is 10.9 Å². The van der Waals surface area contributed by atoms with Gasteiger partial charge < -0.3 is 5.73 Å². The second-order valence-corrected chi connectivity index (χ2v) is 4.54. The SMILES string of the molecule is Nc1c2c(nc3cc(F)c(F)c(F)c13)CCCC2. The van der Waals surface area contributed by atoms with Crippen molar-refractivity contribution in [3.05, 3.63) is 34.8 Å². The van der Waals surface area contributed by atoms with Crippen LogP contribution >= 0.6 is 0 Å². The second kappa shape index (κ2) is 3.86. The Hall–Kier alpha value is -1.78. The first-order valence-electron chi connectivity index (χ1n) is 5.84. The van der Waals surface area contributed by atoms with Gasteiger partial charge in [-0.3, -0.25) is 4.98 Å². The number of pyridine rings is 1. The van der Waals surface area contributed by atoms with Crippen LogP contribution in [0.3, 0.4) is 0 Å². The molecule has 5 heteroatoms. The third kappa shape index (κ3) is 1.46. The fourth-order valence-corrected chi connectivity index (χ4v) is 2.53. The highest BCUT2D eigenvalue weighted by molar-refractivity contribution is 5.93. The summed E-state index contributed by atoms with van der Waals surface area (Å²) in [6.45, 7) is 0. The molecule has 0 aliphatic heterocycles. The fraction of sp³-hybridized carbons (Fsp3) is 0.308. The molecule has 0 unspecified atom stereocenters. The lowest BCUT2D eigenvalue weighted by Crippen LogP contribution is -2.11. The van der Waals surface area contributed by atoms with E-state index in [1.807, 2.05) is 0 Å². The zero-order chi connectivity index (χ0) is 12.9. The van der Waals surface area contributed by atoms with Gasteiger partial charge in [-0.25, -0.2) is 13.2 Å². The molecule has 2 N–H and O–H groups in total. The Morgan fingerprint density at radius 2 is 1.78 bits per heavy atom. The molecule has 0 atom stereocenters. The molecule has 0 radical (unpaired) electrons. The topological polar surface area (TPSA) is 38.9 Å². The Labute approximate surface area is 102 Å². The van der Waals surface area contributed by atoms with Gasteiger partial charge in [-0.2, -0.15) is 0 Å². The van der Waals surface area contributed by atoms with Gasteiger partial charge in [0.05, 0.1) is 10.9 Å². The fourth-order valence-electron chi connectivity index (χ4n) is 2.53. The van der Waals surface area contributed by atoms with Crippen molar-refractivity contribution in [2.24, 2.45) is 0 Å². The molecular formula is C13H11F3N2. The summed E-state index contributed by atoms with van der Waals surface area (Å²) >= 11 is 0. The number of aryl methyl sites for hydroxylation is 1. The third-order valence-electron chi connectivity index (χ3n) is 3.43. The molecule has 0 fully saturated rings. The van der Waals surface area contributed by atoms with Crippen LogP contribution in [0.15, 0.2) is 6.07 Å². The van der Waals surface area contributed by atoms with Crippen LogP contribution in [0.2, 0.25) is 0 Å². The molecule has 1 heterocycles. The molecular weight excluding hydrogens is 241 g/mol. The Morgan fingerprint density at radius 1 is 1.06 bits per heavy atom. The van der Waals surface area contributed by atoms with Gasteiger partial charge in [0.2, 0.25) is 0 Å². The Kier molecular flexibility index (Phi) is 2.43. The van der Waals surface area contributed by atoms with Crippen LogP contribution in [-0.4, -0.2) is 4.98 Å². The number of rotatable bonds is 0. The first-order valence-corrected chi connectivity index (χ1v) is 5.84. The van der Waals surface area contributed by atoms with Crippen LogP contribution in [-0.2, 0) is 12.8 Å². The van der Waals surface area contributed by atoms with Crippen molar-refractivity contribution in [1.29, 1.82) is 0 Å². The average Bonchev–Trinajstić information content (AvgIpc) is 2.36. The number of halogens is 3. The Morgan fingerprint density at radius 3 is 2.56 bits per heavy atom. The van der Waals surface area contributed by atoms with E-state index in [1.54, 1.807) is 0 Å². The van der Waals surface area contributed by atoms with Crippen LogP contribution < -0.4 is 5.73 Å². The van der Waals surface area contributed by atoms with Crippen molar-refractivity contribution in [3.8, 4) is 0 Å². The van der Waals surface area contributed by atoms with Crippen LogP contribution in [0.4, 0.5) is 18.9 Å². The molecule has 1 aromatic carbocycles. The van der Waals surface area contributed by atoms with Crippen molar-refractivity contribution in [3.63, 3.8) is 0 Å². The van der Waals surface area contributed by atoms with Gasteiger partial charge in [-0.05, 0) is 31.2 Å². The molecule has 1 aliphatic rings. The number of hydrogen-bond acceptors (Lipinski definition) is 2. The van der Waals surface area contributed by atoms with Gasteiger partial charge in [0.25, 0.3) is 0 Å². The van der Waals surface area contributed by atoms with E-state index in [0.29, 0.717) is 6.42 Å². The highest BCUT2D eigenvalue weighted by Gasteiger charge is 2.22. The van der Waals surface area contributed by atoms with Crippen molar-refractivity contribution in [2.45, 2.75) is 25.7 Å². The quantitative estimate of drug-likeness (QED) is 0.732. The lowest BCUT2D eigenvalue weighted by molar-refractivity contribution is 0.453. The van der Waals surface area contributed by atoms with E-state index >= 15 is 0 Å². The van der Waals surface area contributed by atoms with E-state index in [0.717, 1.165) is 36.6 Å². The van der Waals surface area contributed by atoms with E-state index < -0.39 is 17.5 Å². The molecule has 0 spiro atoms. The monoisotopic (exact) mass is 252 g/mol. The van der Waals surface area contributed by atoms with Gasteiger partial charge in [-0.15, -0.1) is 0 Å². The summed E-state index contributed by atoms with van der Waals surface area (Å²) in [7, 11) is 0. The third-order valence-corrected chi connectivity index (χ3v) is 3.43. The molecule has 0 saturated heterocycles. The minimum Gasteiger partial charge on any atom is -0.398 e. The molecule has 2 nitrogen and oxygen atoms in total. The predicted octanol–water partition coefficient (Wildman–Crippen LogP) is 3.11. The molecule has 94 valence electrons. The second-order valence-electron chi connectivity index (χ2n) is 4.54. The molecule has 0 saturated carbocycles. The lowest BCUT2D eigenvalue weighted by atomic mass is 9.93. The Balaban J connectivity index is 2.43. The summed E-state index contributed by atoms with van der Waals surface area (Å²) in [5, 5.41) is -0.102. The van der Waals surface area contributed by atoms with Gasteiger partial charge in [0.1, 0.15) is 0 Å². The molecule has 1 aromatic heterocycles. The summed E-state index contributed by atoms with van der Waals surface area (Å²) in [6.07, 6.45) is 3.39. The standard InChI is InChI=1S/C13H11F3N2/c14-7-5-9-10(12(16)11(7)15)13(17)6-3-1-2-4-8(6)18-9/h5H,1-4H2,(H2,17,18). The summed E-state index contributed by atoms with van der Waals surface area (Å²) in [4.78, 5) is 4.21. The van der Waals surface area contributed by atoms with E-state index in [1.165, 1.54) is 0 Å². The number of aromatic nitrogens is 1. The predicted molar refractivity (Wildman–Crippen MR) is 62.7 cm³/mol. The number of benzene rings is 1. The normalized spacial score (nSPS) is 14.8. The van der Waals surface area contributed by atoms with Crippen molar-refractivity contribution >= 4 is 16.6 Å². The maximum Gasteiger partial charge on any atom is 0.195 e. The molecule has 0 amide bonds. The van der Waals surface area contributed by atoms with Crippen LogP contribution in [0.5, 0.6) is 0 Å². The largest absolute Gasteiger partial charge is 0.398 e.